The zero-order chi connectivity index (χ0) is 34.5. The molecule has 0 aliphatic heterocycles. The van der Waals surface area contributed by atoms with Gasteiger partial charge in [-0.3, -0.25) is 18.6 Å². The molecule has 0 radical (unpaired) electrons. The first-order chi connectivity index (χ1) is 21.8. The monoisotopic (exact) mass is 704 g/mol. The van der Waals surface area contributed by atoms with E-state index in [9.17, 15) is 58.7 Å². The highest BCUT2D eigenvalue weighted by molar-refractivity contribution is 7.86. The summed E-state index contributed by atoms with van der Waals surface area (Å²) in [7, 11) is -15.3. The first kappa shape index (κ1) is 32.9. The average Bonchev–Trinajstić information content (AvgIpc) is 2.98. The Labute approximate surface area is 262 Å². The van der Waals surface area contributed by atoms with Gasteiger partial charge >= 0.3 is 17.6 Å². The van der Waals surface area contributed by atoms with E-state index in [0.717, 1.165) is 22.9 Å². The summed E-state index contributed by atoms with van der Waals surface area (Å²) in [5, 5.41) is 29.2. The number of fused-ring (bicyclic) bond motifs is 1. The lowest BCUT2D eigenvalue weighted by atomic mass is 10.0. The Morgan fingerprint density at radius 3 is 2.17 bits per heavy atom. The number of carboxylic acid groups (broad SMARTS) is 1. The predicted octanol–water partition coefficient (Wildman–Crippen LogP) is 1.19. The van der Waals surface area contributed by atoms with Crippen molar-refractivity contribution in [3.8, 4) is 23.1 Å². The summed E-state index contributed by atoms with van der Waals surface area (Å²) in [6, 6.07) is 8.92. The molecule has 0 unspecified atom stereocenters. The maximum Gasteiger partial charge on any atom is 0.444 e. The Bertz CT molecular complexity index is 2570. The zero-order valence-electron chi connectivity index (χ0n) is 22.8. The molecule has 2 heterocycles. The van der Waals surface area contributed by atoms with Gasteiger partial charge < -0.3 is 10.2 Å². The zero-order valence-corrected chi connectivity index (χ0v) is 25.2. The van der Waals surface area contributed by atoms with Gasteiger partial charge in [0.1, 0.15) is 15.5 Å². The molecule has 22 heteroatoms. The van der Waals surface area contributed by atoms with Crippen molar-refractivity contribution in [3.05, 3.63) is 83.0 Å². The summed E-state index contributed by atoms with van der Waals surface area (Å²) in [5.74, 6) is -3.77. The number of nitrogens with zero attached hydrogens (tertiary/aromatic N) is 5. The minimum absolute atomic E-state index is 0.248. The summed E-state index contributed by atoms with van der Waals surface area (Å²) >= 11 is 0. The number of hydrogen-bond acceptors (Lipinski definition) is 13. The molecule has 0 bridgehead atoms. The minimum atomic E-state index is -5.34. The van der Waals surface area contributed by atoms with Crippen LogP contribution in [0.2, 0.25) is 0 Å². The van der Waals surface area contributed by atoms with Crippen molar-refractivity contribution in [2.45, 2.75) is 14.7 Å². The molecule has 0 fully saturated rings. The first-order valence-electron chi connectivity index (χ1n) is 12.3. The summed E-state index contributed by atoms with van der Waals surface area (Å²) in [4.78, 5) is 31.0. The molecule has 0 aliphatic carbocycles. The van der Waals surface area contributed by atoms with E-state index in [-0.39, 0.29) is 5.56 Å². The number of carboxylic acids is 1. The summed E-state index contributed by atoms with van der Waals surface area (Å²) in [6.45, 7) is 0. The molecule has 5 N–H and O–H groups in total. The highest BCUT2D eigenvalue weighted by Crippen LogP contribution is 2.44. The molecule has 5 rings (SSSR count). The molecule has 5 aromatic rings. The van der Waals surface area contributed by atoms with Crippen molar-refractivity contribution < 1.29 is 58.5 Å². The number of hydrogen-bond donors (Lipinski definition) is 5. The van der Waals surface area contributed by atoms with Crippen LogP contribution in [-0.2, 0) is 30.4 Å². The van der Waals surface area contributed by atoms with E-state index in [0.29, 0.717) is 18.2 Å². The average molecular weight is 705 g/mol. The van der Waals surface area contributed by atoms with Crippen molar-refractivity contribution in [2.24, 2.45) is 10.2 Å². The lowest BCUT2D eigenvalue weighted by molar-refractivity contribution is -0.604. The summed E-state index contributed by atoms with van der Waals surface area (Å²) in [5.41, 5.74) is -3.60. The Hall–Kier alpha value is -5.52. The van der Waals surface area contributed by atoms with Gasteiger partial charge in [0, 0.05) is 5.56 Å². The minimum Gasteiger partial charge on any atom is -0.870 e. The molecule has 0 aliphatic rings. The van der Waals surface area contributed by atoms with Crippen molar-refractivity contribution in [2.75, 3.05) is 0 Å². The number of pyridine rings is 1. The Morgan fingerprint density at radius 2 is 1.53 bits per heavy atom. The van der Waals surface area contributed by atoms with Gasteiger partial charge in [-0.2, -0.15) is 25.3 Å². The molecule has 47 heavy (non-hydrogen) atoms. The van der Waals surface area contributed by atoms with Crippen molar-refractivity contribution >= 4 is 58.5 Å². The number of nitrogens with one attached hydrogen (secondary N) is 1. The van der Waals surface area contributed by atoms with Crippen molar-refractivity contribution in [1.29, 1.82) is 0 Å². The molecule has 19 nitrogen and oxygen atoms in total. The maximum atomic E-state index is 13.9. The second-order valence-electron chi connectivity index (χ2n) is 9.32. The van der Waals surface area contributed by atoms with E-state index in [2.05, 4.69) is 25.2 Å². The smallest absolute Gasteiger partial charge is 0.444 e. The van der Waals surface area contributed by atoms with Crippen LogP contribution in [-0.4, -0.2) is 64.9 Å². The molecule has 0 saturated carbocycles. The SMILES string of the molecule is O=C(O)c1ccc[n+](-c2nc(-c3cc(S(=O)(=O)O)cc4cc(S(=O)(=O)O)c(N=Nc5ccccc5S(=O)(=O)O)c([O-])c34)[nH]c(=O)n2)c1. The predicted molar refractivity (Wildman–Crippen MR) is 154 cm³/mol. The number of carbonyl (C=O) groups is 1. The lowest BCUT2D eigenvalue weighted by Crippen LogP contribution is -2.36. The lowest BCUT2D eigenvalue weighted by Gasteiger charge is -2.19. The fraction of sp³-hybridized carbons (Fsp3) is 0. The number of aromatic amines is 1. The molecule has 0 atom stereocenters. The van der Waals surface area contributed by atoms with Gasteiger partial charge in [-0.1, -0.05) is 17.9 Å². The number of rotatable bonds is 8. The van der Waals surface area contributed by atoms with E-state index < -0.39 is 102 Å². The standard InChI is InChI=1S/C25H16N6O13S3/c32-21-19-13(9-18(47(42,43)44)20(21)30-29-16-5-1-2-6-17(16)46(39,40)41)8-14(45(36,37)38)10-15(19)22-26-24(28-25(35)27-22)31-7-3-4-12(11-31)23(33)34/h1-11H,(H5-,26,27,28,29,32,33,34,35,36,37,38,39,40,41,42,43,44). The van der Waals surface area contributed by atoms with Crippen LogP contribution in [0.4, 0.5) is 11.4 Å². The number of benzene rings is 3. The van der Waals surface area contributed by atoms with E-state index in [4.69, 9.17) is 0 Å². The van der Waals surface area contributed by atoms with E-state index in [1.807, 2.05) is 0 Å². The Kier molecular flexibility index (Phi) is 8.17. The largest absolute Gasteiger partial charge is 0.870 e. The van der Waals surface area contributed by atoms with Crippen LogP contribution in [0.15, 0.2) is 96.7 Å². The molecule has 242 valence electrons. The van der Waals surface area contributed by atoms with Crippen molar-refractivity contribution in [3.63, 3.8) is 0 Å². The Balaban J connectivity index is 1.87. The van der Waals surface area contributed by atoms with Gasteiger partial charge in [-0.15, -0.1) is 10.2 Å². The van der Waals surface area contributed by atoms with Crippen molar-refractivity contribution in [1.82, 2.24) is 15.0 Å². The molecular weight excluding hydrogens is 689 g/mol. The topological polar surface area (TPSA) is 311 Å². The van der Waals surface area contributed by atoms with Gasteiger partial charge in [0.2, 0.25) is 5.82 Å². The van der Waals surface area contributed by atoms with Gasteiger partial charge in [0.05, 0.1) is 28.5 Å². The van der Waals surface area contributed by atoms with Crippen LogP contribution in [0.1, 0.15) is 10.4 Å². The summed E-state index contributed by atoms with van der Waals surface area (Å²) in [6.07, 6.45) is 2.30. The number of aromatic nitrogens is 4. The number of azo groups is 1. The second-order valence-corrected chi connectivity index (χ2v) is 13.5. The van der Waals surface area contributed by atoms with Crippen LogP contribution >= 0.6 is 0 Å². The van der Waals surface area contributed by atoms with Crippen LogP contribution in [0.3, 0.4) is 0 Å². The molecule has 3 aromatic carbocycles. The molecule has 0 saturated heterocycles. The van der Waals surface area contributed by atoms with E-state index >= 15 is 0 Å². The third-order valence-corrected chi connectivity index (χ3v) is 8.85. The normalized spacial score (nSPS) is 12.5. The molecular formula is C25H16N6O13S3. The molecule has 0 amide bonds. The fourth-order valence-corrected chi connectivity index (χ4v) is 6.10. The number of H-pyrrole nitrogens is 1. The van der Waals surface area contributed by atoms with E-state index in [1.165, 1.54) is 30.5 Å². The molecule has 0 spiro atoms. The van der Waals surface area contributed by atoms with Gasteiger partial charge in [0.15, 0.2) is 0 Å². The quantitative estimate of drug-likeness (QED) is 0.0860. The van der Waals surface area contributed by atoms with Gasteiger partial charge in [-0.25, -0.2) is 14.2 Å². The molecule has 2 aromatic heterocycles. The third kappa shape index (κ3) is 6.71. The van der Waals surface area contributed by atoms with Crippen LogP contribution in [0, 0.1) is 0 Å². The number of aromatic carboxylic acids is 1. The third-order valence-electron chi connectivity index (χ3n) is 6.25. The highest BCUT2D eigenvalue weighted by Gasteiger charge is 2.26. The second kappa shape index (κ2) is 11.7. The van der Waals surface area contributed by atoms with Crippen LogP contribution in [0.5, 0.6) is 5.75 Å². The Morgan fingerprint density at radius 1 is 0.851 bits per heavy atom. The van der Waals surface area contributed by atoms with E-state index in [1.54, 1.807) is 0 Å². The first-order valence-corrected chi connectivity index (χ1v) is 16.7. The summed E-state index contributed by atoms with van der Waals surface area (Å²) < 4.78 is 103. The highest BCUT2D eigenvalue weighted by atomic mass is 32.2. The maximum absolute atomic E-state index is 13.9. The van der Waals surface area contributed by atoms with Gasteiger partial charge in [-0.05, 0) is 63.2 Å². The van der Waals surface area contributed by atoms with Crippen LogP contribution in [0.25, 0.3) is 28.1 Å². The van der Waals surface area contributed by atoms with Gasteiger partial charge in [0.25, 0.3) is 30.4 Å². The van der Waals surface area contributed by atoms with Crippen LogP contribution < -0.4 is 15.4 Å². The fourth-order valence-electron chi connectivity index (χ4n) is 4.28.